The van der Waals surface area contributed by atoms with Crippen LogP contribution >= 0.6 is 0 Å². The van der Waals surface area contributed by atoms with Crippen LogP contribution in [0.2, 0.25) is 0 Å². The highest BCUT2D eigenvalue weighted by Gasteiger charge is 2.17. The minimum Gasteiger partial charge on any atom is -0.456 e. The molecule has 11 aromatic rings. The molecule has 51 heavy (non-hydrogen) atoms. The van der Waals surface area contributed by atoms with Crippen molar-refractivity contribution in [1.82, 2.24) is 9.13 Å². The zero-order chi connectivity index (χ0) is 33.5. The molecule has 0 unspecified atom stereocenters. The SMILES string of the molecule is c1ccc(-c2ccc3c(c2)oc2cc4c(cc23)c2ccccc2n4-c2ccc(-c3ccc(-n4c5ccccc5c5ccccc54)cc3)cc2)cc1. The van der Waals surface area contributed by atoms with Crippen molar-refractivity contribution in [3.63, 3.8) is 0 Å². The Morgan fingerprint density at radius 3 is 1.31 bits per heavy atom. The van der Waals surface area contributed by atoms with Gasteiger partial charge in [0.15, 0.2) is 0 Å². The summed E-state index contributed by atoms with van der Waals surface area (Å²) in [5.74, 6) is 0. The van der Waals surface area contributed by atoms with E-state index in [-0.39, 0.29) is 0 Å². The molecule has 3 aromatic heterocycles. The molecule has 3 heteroatoms. The molecule has 0 aliphatic heterocycles. The largest absolute Gasteiger partial charge is 0.456 e. The van der Waals surface area contributed by atoms with Crippen LogP contribution in [0.1, 0.15) is 0 Å². The Bertz CT molecular complexity index is 3050. The van der Waals surface area contributed by atoms with Crippen LogP contribution in [0.3, 0.4) is 0 Å². The van der Waals surface area contributed by atoms with Crippen molar-refractivity contribution in [3.8, 4) is 33.6 Å². The first-order valence-corrected chi connectivity index (χ1v) is 17.4. The second-order valence-electron chi connectivity index (χ2n) is 13.4. The summed E-state index contributed by atoms with van der Waals surface area (Å²) in [7, 11) is 0. The third-order valence-electron chi connectivity index (χ3n) is 10.5. The first kappa shape index (κ1) is 28.0. The molecule has 3 nitrogen and oxygen atoms in total. The molecule has 0 aliphatic rings. The monoisotopic (exact) mass is 650 g/mol. The van der Waals surface area contributed by atoms with Crippen LogP contribution in [-0.4, -0.2) is 9.13 Å². The smallest absolute Gasteiger partial charge is 0.137 e. The number of fused-ring (bicyclic) bond motifs is 9. The van der Waals surface area contributed by atoms with Crippen LogP contribution in [-0.2, 0) is 0 Å². The van der Waals surface area contributed by atoms with Gasteiger partial charge in [0.05, 0.1) is 22.1 Å². The summed E-state index contributed by atoms with van der Waals surface area (Å²) in [6.07, 6.45) is 0. The third-order valence-corrected chi connectivity index (χ3v) is 10.5. The molecule has 0 saturated carbocycles. The Morgan fingerprint density at radius 1 is 0.275 bits per heavy atom. The number of hydrogen-bond donors (Lipinski definition) is 0. The molecule has 0 amide bonds. The molecule has 0 fully saturated rings. The Balaban J connectivity index is 0.994. The molecule has 8 aromatic carbocycles. The van der Waals surface area contributed by atoms with E-state index >= 15 is 0 Å². The standard InChI is InChI=1S/C48H30N2O/c1-2-10-31(11-3-1)34-22-27-40-42-29-41-39-14-6-9-17-45(39)50(46(41)30-48(42)51-47(40)28-34)36-25-20-33(21-26-36)32-18-23-35(24-19-32)49-43-15-7-4-12-37(43)38-13-5-8-16-44(38)49/h1-30H. The molecule has 0 N–H and O–H groups in total. The van der Waals surface area contributed by atoms with Crippen LogP contribution in [0.25, 0.3) is 99.2 Å². The normalized spacial score (nSPS) is 11.9. The number of para-hydroxylation sites is 3. The number of nitrogens with zero attached hydrogens (tertiary/aromatic N) is 2. The molecule has 238 valence electrons. The van der Waals surface area contributed by atoms with E-state index < -0.39 is 0 Å². The molecule has 0 atom stereocenters. The molecular weight excluding hydrogens is 621 g/mol. The summed E-state index contributed by atoms with van der Waals surface area (Å²) in [5, 5.41) is 7.27. The molecule has 3 heterocycles. The average Bonchev–Trinajstić information content (AvgIpc) is 3.84. The van der Waals surface area contributed by atoms with Crippen molar-refractivity contribution in [1.29, 1.82) is 0 Å². The van der Waals surface area contributed by atoms with Crippen LogP contribution in [0.15, 0.2) is 186 Å². The predicted molar refractivity (Wildman–Crippen MR) is 213 cm³/mol. The van der Waals surface area contributed by atoms with E-state index in [1.807, 2.05) is 6.07 Å². The Kier molecular flexibility index (Phi) is 5.96. The van der Waals surface area contributed by atoms with Gasteiger partial charge in [0.2, 0.25) is 0 Å². The summed E-state index contributed by atoms with van der Waals surface area (Å²) < 4.78 is 11.3. The molecule has 0 aliphatic carbocycles. The predicted octanol–water partition coefficient (Wildman–Crippen LogP) is 13.1. The van der Waals surface area contributed by atoms with E-state index in [0.717, 1.165) is 44.4 Å². The maximum absolute atomic E-state index is 6.56. The van der Waals surface area contributed by atoms with Gasteiger partial charge in [0.25, 0.3) is 0 Å². The third kappa shape index (κ3) is 4.25. The number of aromatic nitrogens is 2. The summed E-state index contributed by atoms with van der Waals surface area (Å²) in [5.41, 5.74) is 13.5. The van der Waals surface area contributed by atoms with Gasteiger partial charge in [-0.05, 0) is 82.9 Å². The van der Waals surface area contributed by atoms with E-state index in [2.05, 4.69) is 185 Å². The van der Waals surface area contributed by atoms with Gasteiger partial charge in [-0.15, -0.1) is 0 Å². The zero-order valence-corrected chi connectivity index (χ0v) is 27.6. The van der Waals surface area contributed by atoms with Crippen molar-refractivity contribution < 1.29 is 4.42 Å². The van der Waals surface area contributed by atoms with Crippen LogP contribution in [0.5, 0.6) is 0 Å². The second kappa shape index (κ2) is 10.8. The highest BCUT2D eigenvalue weighted by atomic mass is 16.3. The van der Waals surface area contributed by atoms with E-state index in [1.165, 1.54) is 54.8 Å². The second-order valence-corrected chi connectivity index (χ2v) is 13.4. The van der Waals surface area contributed by atoms with Gasteiger partial charge in [0.1, 0.15) is 11.2 Å². The molecule has 0 bridgehead atoms. The van der Waals surface area contributed by atoms with Gasteiger partial charge in [-0.3, -0.25) is 0 Å². The fourth-order valence-electron chi connectivity index (χ4n) is 8.13. The lowest BCUT2D eigenvalue weighted by Gasteiger charge is -2.11. The molecule has 0 spiro atoms. The average molecular weight is 651 g/mol. The van der Waals surface area contributed by atoms with Crippen LogP contribution in [0.4, 0.5) is 0 Å². The maximum Gasteiger partial charge on any atom is 0.137 e. The van der Waals surface area contributed by atoms with Gasteiger partial charge in [-0.2, -0.15) is 0 Å². The fourth-order valence-corrected chi connectivity index (χ4v) is 8.13. The zero-order valence-electron chi connectivity index (χ0n) is 27.6. The molecule has 0 saturated heterocycles. The van der Waals surface area contributed by atoms with E-state index in [4.69, 9.17) is 4.42 Å². The summed E-state index contributed by atoms with van der Waals surface area (Å²) in [6, 6.07) is 65.4. The van der Waals surface area contributed by atoms with Crippen LogP contribution in [0, 0.1) is 0 Å². The first-order chi connectivity index (χ1) is 25.3. The number of rotatable bonds is 4. The van der Waals surface area contributed by atoms with Gasteiger partial charge in [-0.25, -0.2) is 0 Å². The molecule has 11 rings (SSSR count). The van der Waals surface area contributed by atoms with Gasteiger partial charge >= 0.3 is 0 Å². The van der Waals surface area contributed by atoms with Crippen molar-refractivity contribution in [3.05, 3.63) is 182 Å². The van der Waals surface area contributed by atoms with Crippen molar-refractivity contribution in [2.24, 2.45) is 0 Å². The van der Waals surface area contributed by atoms with E-state index in [1.54, 1.807) is 0 Å². The van der Waals surface area contributed by atoms with Crippen LogP contribution < -0.4 is 0 Å². The highest BCUT2D eigenvalue weighted by Crippen LogP contribution is 2.40. The molecular formula is C48H30N2O. The number of benzene rings is 8. The minimum absolute atomic E-state index is 0.895. The number of hydrogen-bond acceptors (Lipinski definition) is 1. The topological polar surface area (TPSA) is 23.0 Å². The highest BCUT2D eigenvalue weighted by molar-refractivity contribution is 6.17. The fraction of sp³-hybridized carbons (Fsp3) is 0. The quantitative estimate of drug-likeness (QED) is 0.186. The van der Waals surface area contributed by atoms with Crippen molar-refractivity contribution >= 4 is 65.6 Å². The van der Waals surface area contributed by atoms with Gasteiger partial charge in [-0.1, -0.05) is 115 Å². The van der Waals surface area contributed by atoms with Gasteiger partial charge < -0.3 is 13.6 Å². The Morgan fingerprint density at radius 2 is 0.725 bits per heavy atom. The van der Waals surface area contributed by atoms with Crippen molar-refractivity contribution in [2.45, 2.75) is 0 Å². The minimum atomic E-state index is 0.895. The molecule has 0 radical (unpaired) electrons. The Hall–Kier alpha value is -6.84. The van der Waals surface area contributed by atoms with Gasteiger partial charge in [0, 0.05) is 49.8 Å². The van der Waals surface area contributed by atoms with Crippen molar-refractivity contribution in [2.75, 3.05) is 0 Å². The summed E-state index contributed by atoms with van der Waals surface area (Å²) in [6.45, 7) is 0. The lowest BCUT2D eigenvalue weighted by molar-refractivity contribution is 0.669. The first-order valence-electron chi connectivity index (χ1n) is 17.4. The number of furan rings is 1. The lowest BCUT2D eigenvalue weighted by Crippen LogP contribution is -1.94. The Labute approximate surface area is 293 Å². The summed E-state index contributed by atoms with van der Waals surface area (Å²) >= 11 is 0. The van der Waals surface area contributed by atoms with E-state index in [9.17, 15) is 0 Å². The van der Waals surface area contributed by atoms with E-state index in [0.29, 0.717) is 0 Å². The lowest BCUT2D eigenvalue weighted by atomic mass is 10.0. The summed E-state index contributed by atoms with van der Waals surface area (Å²) in [4.78, 5) is 0. The maximum atomic E-state index is 6.56.